The lowest BCUT2D eigenvalue weighted by Crippen LogP contribution is -2.50. The molecule has 2 atom stereocenters. The topological polar surface area (TPSA) is 86.6 Å². The van der Waals surface area contributed by atoms with Gasteiger partial charge in [0.05, 0.1) is 13.2 Å². The lowest BCUT2D eigenvalue weighted by Gasteiger charge is -2.41. The van der Waals surface area contributed by atoms with Crippen LogP contribution in [0.3, 0.4) is 0 Å². The number of hydrogen-bond acceptors (Lipinski definition) is 8. The van der Waals surface area contributed by atoms with Gasteiger partial charge in [0.1, 0.15) is 0 Å². The molecule has 2 saturated heterocycles. The van der Waals surface area contributed by atoms with E-state index >= 15 is 0 Å². The summed E-state index contributed by atoms with van der Waals surface area (Å²) >= 11 is 0. The third-order valence-electron chi connectivity index (χ3n) is 6.70. The average molecular weight is 405 g/mol. The van der Waals surface area contributed by atoms with Crippen LogP contribution in [0.2, 0.25) is 0 Å². The number of ether oxygens (including phenoxy) is 1. The van der Waals surface area contributed by atoms with Crippen molar-refractivity contribution in [1.82, 2.24) is 19.9 Å². The Balaban J connectivity index is 1.37. The highest BCUT2D eigenvalue weighted by Crippen LogP contribution is 2.27. The summed E-state index contributed by atoms with van der Waals surface area (Å²) in [4.78, 5) is 18.4. The Kier molecular flexibility index (Phi) is 7.02. The number of nitrogens with one attached hydrogen (secondary N) is 1. The number of anilines is 2. The lowest BCUT2D eigenvalue weighted by atomic mass is 9.89. The molecule has 8 heteroatoms. The molecule has 2 N–H and O–H groups in total. The van der Waals surface area contributed by atoms with Crippen molar-refractivity contribution in [2.24, 2.45) is 0 Å². The minimum absolute atomic E-state index is 0.155. The third-order valence-corrected chi connectivity index (χ3v) is 6.70. The summed E-state index contributed by atoms with van der Waals surface area (Å²) < 4.78 is 5.35. The van der Waals surface area contributed by atoms with Gasteiger partial charge in [0, 0.05) is 38.3 Å². The predicted molar refractivity (Wildman–Crippen MR) is 114 cm³/mol. The molecular weight excluding hydrogens is 368 g/mol. The molecule has 29 heavy (non-hydrogen) atoms. The van der Waals surface area contributed by atoms with Crippen molar-refractivity contribution in [2.45, 2.75) is 82.4 Å². The van der Waals surface area contributed by atoms with Crippen LogP contribution in [0.5, 0.6) is 6.01 Å². The number of hydrogen-bond donors (Lipinski definition) is 2. The molecule has 0 bridgehead atoms. The van der Waals surface area contributed by atoms with E-state index in [0.29, 0.717) is 24.0 Å². The van der Waals surface area contributed by atoms with Crippen LogP contribution in [0.4, 0.5) is 11.9 Å². The van der Waals surface area contributed by atoms with Crippen molar-refractivity contribution in [3.8, 4) is 6.01 Å². The fourth-order valence-corrected chi connectivity index (χ4v) is 4.99. The molecule has 0 radical (unpaired) electrons. The first-order chi connectivity index (χ1) is 14.2. The summed E-state index contributed by atoms with van der Waals surface area (Å²) in [6, 6.07) is 1.07. The van der Waals surface area contributed by atoms with E-state index in [-0.39, 0.29) is 6.10 Å². The predicted octanol–water partition coefficient (Wildman–Crippen LogP) is 2.44. The first kappa shape index (κ1) is 20.6. The number of piperidine rings is 1. The van der Waals surface area contributed by atoms with Gasteiger partial charge in [-0.1, -0.05) is 25.7 Å². The van der Waals surface area contributed by atoms with E-state index in [1.54, 1.807) is 7.11 Å². The highest BCUT2D eigenvalue weighted by molar-refractivity contribution is 5.39. The summed E-state index contributed by atoms with van der Waals surface area (Å²) in [5.41, 5.74) is 0. The second-order valence-corrected chi connectivity index (χ2v) is 8.72. The molecular formula is C21H36N6O2. The van der Waals surface area contributed by atoms with Gasteiger partial charge in [-0.3, -0.25) is 4.90 Å². The molecule has 3 heterocycles. The van der Waals surface area contributed by atoms with E-state index in [2.05, 4.69) is 25.1 Å². The van der Waals surface area contributed by atoms with Gasteiger partial charge in [0.2, 0.25) is 11.9 Å². The minimum atomic E-state index is -0.155. The number of likely N-dealkylation sites (tertiary alicyclic amines) is 1. The maximum Gasteiger partial charge on any atom is 0.322 e. The smallest absolute Gasteiger partial charge is 0.322 e. The lowest BCUT2D eigenvalue weighted by molar-refractivity contribution is 0.00990. The highest BCUT2D eigenvalue weighted by Gasteiger charge is 2.31. The molecule has 3 aliphatic rings. The van der Waals surface area contributed by atoms with E-state index in [1.165, 1.54) is 32.1 Å². The second-order valence-electron chi connectivity index (χ2n) is 8.72. The van der Waals surface area contributed by atoms with Crippen molar-refractivity contribution >= 4 is 11.9 Å². The fraction of sp³-hybridized carbons (Fsp3) is 0.857. The molecule has 0 amide bonds. The van der Waals surface area contributed by atoms with Gasteiger partial charge >= 0.3 is 6.01 Å². The summed E-state index contributed by atoms with van der Waals surface area (Å²) in [5, 5.41) is 13.9. The SMILES string of the molecule is COc1nc(NC2CCN(C3CCCCC3O)CC2)nc(N2CCCCCC2)n1. The van der Waals surface area contributed by atoms with Crippen molar-refractivity contribution in [1.29, 1.82) is 0 Å². The quantitative estimate of drug-likeness (QED) is 0.774. The average Bonchev–Trinajstić information content (AvgIpc) is 3.04. The van der Waals surface area contributed by atoms with Crippen LogP contribution in [-0.4, -0.2) is 76.4 Å². The van der Waals surface area contributed by atoms with Gasteiger partial charge < -0.3 is 20.1 Å². The first-order valence-corrected chi connectivity index (χ1v) is 11.5. The van der Waals surface area contributed by atoms with E-state index in [9.17, 15) is 5.11 Å². The molecule has 2 aliphatic heterocycles. The maximum absolute atomic E-state index is 10.4. The third kappa shape index (κ3) is 5.28. The Bertz CT molecular complexity index is 644. The molecule has 1 saturated carbocycles. The van der Waals surface area contributed by atoms with E-state index < -0.39 is 0 Å². The van der Waals surface area contributed by atoms with Gasteiger partial charge in [-0.05, 0) is 38.5 Å². The molecule has 1 aromatic heterocycles. The van der Waals surface area contributed by atoms with E-state index in [4.69, 9.17) is 9.72 Å². The second kappa shape index (κ2) is 9.89. The van der Waals surface area contributed by atoms with Crippen molar-refractivity contribution in [3.05, 3.63) is 0 Å². The van der Waals surface area contributed by atoms with Crippen molar-refractivity contribution in [3.63, 3.8) is 0 Å². The maximum atomic E-state index is 10.4. The van der Waals surface area contributed by atoms with Crippen LogP contribution in [0.15, 0.2) is 0 Å². The van der Waals surface area contributed by atoms with Gasteiger partial charge in [-0.2, -0.15) is 15.0 Å². The van der Waals surface area contributed by atoms with Crippen LogP contribution >= 0.6 is 0 Å². The van der Waals surface area contributed by atoms with Crippen LogP contribution in [0, 0.1) is 0 Å². The molecule has 1 aliphatic carbocycles. The van der Waals surface area contributed by atoms with E-state index in [1.807, 2.05) is 0 Å². The minimum Gasteiger partial charge on any atom is -0.467 e. The highest BCUT2D eigenvalue weighted by atomic mass is 16.5. The zero-order chi connectivity index (χ0) is 20.1. The largest absolute Gasteiger partial charge is 0.467 e. The Morgan fingerprint density at radius 1 is 0.862 bits per heavy atom. The van der Waals surface area contributed by atoms with Crippen molar-refractivity contribution in [2.75, 3.05) is 43.5 Å². The van der Waals surface area contributed by atoms with E-state index in [0.717, 1.165) is 64.2 Å². The molecule has 0 aromatic carbocycles. The number of methoxy groups -OCH3 is 1. The van der Waals surface area contributed by atoms with Gasteiger partial charge in [0.15, 0.2) is 0 Å². The normalized spacial score (nSPS) is 27.4. The Labute approximate surface area is 174 Å². The monoisotopic (exact) mass is 404 g/mol. The molecule has 8 nitrogen and oxygen atoms in total. The van der Waals surface area contributed by atoms with Crippen LogP contribution in [-0.2, 0) is 0 Å². The summed E-state index contributed by atoms with van der Waals surface area (Å²) in [6.07, 6.45) is 11.3. The molecule has 3 fully saturated rings. The summed E-state index contributed by atoms with van der Waals surface area (Å²) in [6.45, 7) is 4.02. The fourth-order valence-electron chi connectivity index (χ4n) is 4.99. The number of aliphatic hydroxyl groups is 1. The standard InChI is InChI=1S/C21H36N6O2/c1-29-21-24-19(23-20(25-21)27-12-6-2-3-7-13-27)22-16-10-14-26(15-11-16)17-8-4-5-9-18(17)28/h16-18,28H,2-15H2,1H3,(H,22,23,24,25). The molecule has 162 valence electrons. The number of aliphatic hydroxyl groups excluding tert-OH is 1. The van der Waals surface area contributed by atoms with Gasteiger partial charge in [-0.25, -0.2) is 0 Å². The molecule has 4 rings (SSSR count). The van der Waals surface area contributed by atoms with Crippen molar-refractivity contribution < 1.29 is 9.84 Å². The Hall–Kier alpha value is -1.67. The first-order valence-electron chi connectivity index (χ1n) is 11.5. The van der Waals surface area contributed by atoms with Crippen LogP contribution in [0.25, 0.3) is 0 Å². The Morgan fingerprint density at radius 2 is 1.59 bits per heavy atom. The molecule has 1 aromatic rings. The number of aromatic nitrogens is 3. The zero-order valence-corrected chi connectivity index (χ0v) is 17.7. The number of nitrogens with zero attached hydrogens (tertiary/aromatic N) is 5. The van der Waals surface area contributed by atoms with Gasteiger partial charge in [-0.15, -0.1) is 0 Å². The van der Waals surface area contributed by atoms with Crippen LogP contribution in [0.1, 0.15) is 64.2 Å². The molecule has 0 spiro atoms. The summed E-state index contributed by atoms with van der Waals surface area (Å²) in [7, 11) is 1.61. The van der Waals surface area contributed by atoms with Gasteiger partial charge in [0.25, 0.3) is 0 Å². The zero-order valence-electron chi connectivity index (χ0n) is 17.7. The molecule has 2 unspecified atom stereocenters. The van der Waals surface area contributed by atoms with Crippen LogP contribution < -0.4 is 15.0 Å². The number of rotatable bonds is 5. The summed E-state index contributed by atoms with van der Waals surface area (Å²) in [5.74, 6) is 1.34. The Morgan fingerprint density at radius 3 is 2.28 bits per heavy atom.